The third-order valence-corrected chi connectivity index (χ3v) is 5.48. The number of carbonyl (C=O) groups is 1. The van der Waals surface area contributed by atoms with Crippen LogP contribution >= 0.6 is 0 Å². The number of anilines is 1. The number of aromatic nitrogens is 3. The summed E-state index contributed by atoms with van der Waals surface area (Å²) in [6.45, 7) is 5.32. The number of rotatable bonds is 3. The Kier molecular flexibility index (Phi) is 4.50. The molecule has 1 saturated heterocycles. The summed E-state index contributed by atoms with van der Waals surface area (Å²) in [5.74, 6) is 1.45. The maximum atomic E-state index is 12.9. The minimum Gasteiger partial charge on any atom is -0.461 e. The van der Waals surface area contributed by atoms with Crippen molar-refractivity contribution in [1.29, 1.82) is 0 Å². The molecule has 1 aliphatic rings. The van der Waals surface area contributed by atoms with Crippen LogP contribution < -0.4 is 5.32 Å². The molecule has 152 valence electrons. The molecule has 1 aromatic carbocycles. The monoisotopic (exact) mass is 401 g/mol. The number of carbonyl (C=O) groups excluding carboxylic acids is 1. The third-order valence-electron chi connectivity index (χ3n) is 5.48. The topological polar surface area (TPSA) is 76.2 Å². The second-order valence-electron chi connectivity index (χ2n) is 7.82. The van der Waals surface area contributed by atoms with Crippen LogP contribution in [0.5, 0.6) is 0 Å². The van der Waals surface area contributed by atoms with Gasteiger partial charge in [-0.3, -0.25) is 0 Å². The molecule has 0 aliphatic carbocycles. The highest BCUT2D eigenvalue weighted by Crippen LogP contribution is 2.32. The molecule has 4 aromatic rings. The van der Waals surface area contributed by atoms with Gasteiger partial charge in [-0.2, -0.15) is 0 Å². The summed E-state index contributed by atoms with van der Waals surface area (Å²) in [7, 11) is 0. The van der Waals surface area contributed by atoms with Crippen LogP contribution in [0.25, 0.3) is 22.7 Å². The summed E-state index contributed by atoms with van der Waals surface area (Å²) in [5.41, 5.74) is 4.71. The fourth-order valence-electron chi connectivity index (χ4n) is 4.24. The van der Waals surface area contributed by atoms with E-state index in [0.29, 0.717) is 18.8 Å². The van der Waals surface area contributed by atoms with E-state index in [1.165, 1.54) is 0 Å². The molecular weight excluding hydrogens is 378 g/mol. The lowest BCUT2D eigenvalue weighted by atomic mass is 10.1. The van der Waals surface area contributed by atoms with Gasteiger partial charge in [-0.25, -0.2) is 14.8 Å². The number of furan rings is 1. The van der Waals surface area contributed by atoms with Gasteiger partial charge in [-0.15, -0.1) is 0 Å². The van der Waals surface area contributed by atoms with Crippen LogP contribution in [0.15, 0.2) is 59.3 Å². The second-order valence-corrected chi connectivity index (χ2v) is 7.82. The first-order chi connectivity index (χ1) is 14.6. The Hall–Kier alpha value is -3.61. The van der Waals surface area contributed by atoms with Gasteiger partial charge in [0.15, 0.2) is 17.2 Å². The van der Waals surface area contributed by atoms with Crippen molar-refractivity contribution in [2.45, 2.75) is 26.3 Å². The molecule has 1 unspecified atom stereocenters. The van der Waals surface area contributed by atoms with Crippen molar-refractivity contribution in [3.05, 3.63) is 66.1 Å². The second kappa shape index (κ2) is 7.33. The van der Waals surface area contributed by atoms with E-state index in [2.05, 4.69) is 20.9 Å². The van der Waals surface area contributed by atoms with Crippen LogP contribution in [0.4, 0.5) is 10.5 Å². The number of amides is 2. The molecule has 1 atom stereocenters. The number of likely N-dealkylation sites (tertiary alicyclic amines) is 1. The lowest BCUT2D eigenvalue weighted by Crippen LogP contribution is -2.33. The van der Waals surface area contributed by atoms with Crippen LogP contribution in [0.2, 0.25) is 0 Å². The van der Waals surface area contributed by atoms with Crippen LogP contribution in [0.3, 0.4) is 0 Å². The molecule has 4 heterocycles. The molecule has 7 heteroatoms. The molecule has 1 aliphatic heterocycles. The van der Waals surface area contributed by atoms with Gasteiger partial charge < -0.3 is 19.2 Å². The van der Waals surface area contributed by atoms with E-state index in [9.17, 15) is 4.79 Å². The maximum Gasteiger partial charge on any atom is 0.321 e. The molecule has 3 aromatic heterocycles. The van der Waals surface area contributed by atoms with Crippen molar-refractivity contribution in [2.24, 2.45) is 0 Å². The molecule has 5 rings (SSSR count). The molecule has 2 amide bonds. The number of nitrogens with one attached hydrogen (secondary N) is 1. The molecule has 1 N–H and O–H groups in total. The Bertz CT molecular complexity index is 1190. The lowest BCUT2D eigenvalue weighted by Gasteiger charge is -2.19. The highest BCUT2D eigenvalue weighted by molar-refractivity contribution is 5.89. The molecule has 7 nitrogen and oxygen atoms in total. The number of hydrogen-bond acceptors (Lipinski definition) is 4. The van der Waals surface area contributed by atoms with E-state index in [1.54, 1.807) is 12.5 Å². The zero-order valence-electron chi connectivity index (χ0n) is 17.0. The van der Waals surface area contributed by atoms with E-state index < -0.39 is 0 Å². The minimum absolute atomic E-state index is 0.0787. The van der Waals surface area contributed by atoms with Crippen LogP contribution in [-0.2, 0) is 0 Å². The van der Waals surface area contributed by atoms with Gasteiger partial charge in [0.05, 0.1) is 12.3 Å². The molecular formula is C23H23N5O2. The number of urea groups is 1. The smallest absolute Gasteiger partial charge is 0.321 e. The SMILES string of the molecule is Cc1cc(C)cc(NC(=O)N2CCC(n3c(-c4ccco4)nc4cccnc43)C2)c1. The Balaban J connectivity index is 1.41. The van der Waals surface area contributed by atoms with Gasteiger partial charge in [0.25, 0.3) is 0 Å². The van der Waals surface area contributed by atoms with E-state index >= 15 is 0 Å². The number of aryl methyl sites for hydroxylation is 2. The van der Waals surface area contributed by atoms with Crippen LogP contribution in [0.1, 0.15) is 23.6 Å². The standard InChI is InChI=1S/C23H23N5O2/c1-15-11-16(2)13-17(12-15)25-23(29)27-9-7-18(14-27)28-21-19(5-3-8-24-21)26-22(28)20-6-4-10-30-20/h3-6,8,10-13,18H,7,9,14H2,1-2H3,(H,25,29). The van der Waals surface area contributed by atoms with Gasteiger partial charge in [0.1, 0.15) is 5.52 Å². The number of benzene rings is 1. The lowest BCUT2D eigenvalue weighted by molar-refractivity contribution is 0.221. The normalized spacial score (nSPS) is 16.3. The molecule has 0 radical (unpaired) electrons. The molecule has 0 saturated carbocycles. The van der Waals surface area contributed by atoms with Gasteiger partial charge in [-0.05, 0) is 67.8 Å². The van der Waals surface area contributed by atoms with Gasteiger partial charge in [-0.1, -0.05) is 6.07 Å². The maximum absolute atomic E-state index is 12.9. The van der Waals surface area contributed by atoms with Crippen molar-refractivity contribution in [1.82, 2.24) is 19.4 Å². The predicted octanol–water partition coefficient (Wildman–Crippen LogP) is 4.79. The number of hydrogen-bond donors (Lipinski definition) is 1. The van der Waals surface area contributed by atoms with Gasteiger partial charge in [0, 0.05) is 25.0 Å². The minimum atomic E-state index is -0.0839. The average Bonchev–Trinajstić information content (AvgIpc) is 3.45. The first-order valence-electron chi connectivity index (χ1n) is 10.1. The summed E-state index contributed by atoms with van der Waals surface area (Å²) >= 11 is 0. The van der Waals surface area contributed by atoms with Crippen molar-refractivity contribution >= 4 is 22.9 Å². The van der Waals surface area contributed by atoms with Crippen molar-refractivity contribution in [3.63, 3.8) is 0 Å². The zero-order valence-corrected chi connectivity index (χ0v) is 17.0. The van der Waals surface area contributed by atoms with Crippen LogP contribution in [0, 0.1) is 13.8 Å². The Morgan fingerprint density at radius 1 is 1.17 bits per heavy atom. The molecule has 1 fully saturated rings. The van der Waals surface area contributed by atoms with E-state index in [4.69, 9.17) is 9.40 Å². The van der Waals surface area contributed by atoms with E-state index in [0.717, 1.165) is 40.2 Å². The summed E-state index contributed by atoms with van der Waals surface area (Å²) < 4.78 is 7.73. The van der Waals surface area contributed by atoms with Crippen molar-refractivity contribution in [2.75, 3.05) is 18.4 Å². The Morgan fingerprint density at radius 3 is 2.77 bits per heavy atom. The van der Waals surface area contributed by atoms with Gasteiger partial charge in [0.2, 0.25) is 0 Å². The largest absolute Gasteiger partial charge is 0.461 e. The molecule has 0 bridgehead atoms. The Labute approximate surface area is 174 Å². The predicted molar refractivity (Wildman–Crippen MR) is 115 cm³/mol. The number of nitrogens with zero attached hydrogens (tertiary/aromatic N) is 4. The first kappa shape index (κ1) is 18.4. The van der Waals surface area contributed by atoms with Gasteiger partial charge >= 0.3 is 6.03 Å². The summed E-state index contributed by atoms with van der Waals surface area (Å²) in [6.07, 6.45) is 4.24. The highest BCUT2D eigenvalue weighted by Gasteiger charge is 2.31. The fourth-order valence-corrected chi connectivity index (χ4v) is 4.24. The van der Waals surface area contributed by atoms with E-state index in [-0.39, 0.29) is 12.1 Å². The third kappa shape index (κ3) is 3.32. The summed E-state index contributed by atoms with van der Waals surface area (Å²) in [4.78, 5) is 24.0. The number of fused-ring (bicyclic) bond motifs is 1. The summed E-state index contributed by atoms with van der Waals surface area (Å²) in [6, 6.07) is 13.6. The molecule has 0 spiro atoms. The Morgan fingerprint density at radius 2 is 2.00 bits per heavy atom. The highest BCUT2D eigenvalue weighted by atomic mass is 16.3. The van der Waals surface area contributed by atoms with Crippen molar-refractivity contribution in [3.8, 4) is 11.6 Å². The number of pyridine rings is 1. The van der Waals surface area contributed by atoms with E-state index in [1.807, 2.05) is 55.1 Å². The quantitative estimate of drug-likeness (QED) is 0.536. The first-order valence-corrected chi connectivity index (χ1v) is 10.1. The van der Waals surface area contributed by atoms with Crippen molar-refractivity contribution < 1.29 is 9.21 Å². The summed E-state index contributed by atoms with van der Waals surface area (Å²) in [5, 5.41) is 3.04. The van der Waals surface area contributed by atoms with Crippen LogP contribution in [-0.4, -0.2) is 38.6 Å². The number of imidazole rings is 1. The zero-order chi connectivity index (χ0) is 20.7. The fraction of sp³-hybridized carbons (Fsp3) is 0.261. The molecule has 30 heavy (non-hydrogen) atoms. The average molecular weight is 401 g/mol.